The lowest BCUT2D eigenvalue weighted by atomic mass is 10.4. The maximum absolute atomic E-state index is 5.53. The molecule has 0 aliphatic heterocycles. The fourth-order valence-electron chi connectivity index (χ4n) is 0.720. The van der Waals surface area contributed by atoms with Crippen molar-refractivity contribution in [1.29, 1.82) is 0 Å². The molecule has 0 amide bonds. The van der Waals surface area contributed by atoms with Gasteiger partial charge < -0.3 is 14.0 Å². The molecule has 0 saturated heterocycles. The molecule has 0 unspecified atom stereocenters. The molecule has 3 nitrogen and oxygen atoms in total. The highest BCUT2D eigenvalue weighted by Gasteiger charge is 2.13. The van der Waals surface area contributed by atoms with E-state index in [1.165, 1.54) is 0 Å². The molecule has 0 fully saturated rings. The second-order valence-corrected chi connectivity index (χ2v) is 5.22. The highest BCUT2D eigenvalue weighted by molar-refractivity contribution is 8.00. The molecule has 0 aliphatic carbocycles. The quantitative estimate of drug-likeness (QED) is 0.618. The van der Waals surface area contributed by atoms with Crippen LogP contribution in [0.5, 0.6) is 0 Å². The van der Waals surface area contributed by atoms with Crippen LogP contribution in [0.2, 0.25) is 0 Å². The molecule has 0 aliphatic rings. The van der Waals surface area contributed by atoms with Crippen LogP contribution in [0.4, 0.5) is 0 Å². The molecule has 13 heavy (non-hydrogen) atoms. The molecule has 80 valence electrons. The van der Waals surface area contributed by atoms with Crippen molar-refractivity contribution < 1.29 is 14.0 Å². The summed E-state index contributed by atoms with van der Waals surface area (Å²) in [5.41, 5.74) is 0. The second-order valence-electron chi connectivity index (χ2n) is 2.25. The highest BCUT2D eigenvalue weighted by atomic mass is 35.9. The molecule has 0 N–H and O–H groups in total. The van der Waals surface area contributed by atoms with Crippen LogP contribution in [0, 0.1) is 0 Å². The van der Waals surface area contributed by atoms with E-state index in [0.29, 0.717) is 26.4 Å². The minimum atomic E-state index is -1.39. The Bertz CT molecular complexity index is 108. The smallest absolute Gasteiger partial charge is 0.225 e. The fourth-order valence-corrected chi connectivity index (χ4v) is 1.74. The van der Waals surface area contributed by atoms with E-state index < -0.39 is 6.85 Å². The largest absolute Gasteiger partial charge is 0.379 e. The minimum absolute atomic E-state index is 0.166. The Morgan fingerprint density at radius 2 is 1.54 bits per heavy atom. The van der Waals surface area contributed by atoms with Gasteiger partial charge in [-0.15, -0.1) is 0 Å². The summed E-state index contributed by atoms with van der Waals surface area (Å²) in [4.78, 5) is 0. The van der Waals surface area contributed by atoms with Crippen LogP contribution in [0.1, 0.15) is 13.8 Å². The molecular formula is C7H15Cl2O3P. The molecule has 6 heteroatoms. The van der Waals surface area contributed by atoms with Crippen molar-refractivity contribution in [2.75, 3.05) is 26.4 Å². The SMILES string of the molecule is CCOCC(COCC)OP(Cl)Cl. The third kappa shape index (κ3) is 9.20. The summed E-state index contributed by atoms with van der Waals surface area (Å²) >= 11 is 11.1. The number of halogens is 2. The number of rotatable bonds is 8. The summed E-state index contributed by atoms with van der Waals surface area (Å²) in [7, 11) is 0. The van der Waals surface area contributed by atoms with E-state index in [4.69, 9.17) is 36.5 Å². The van der Waals surface area contributed by atoms with Gasteiger partial charge in [-0.3, -0.25) is 0 Å². The topological polar surface area (TPSA) is 27.7 Å². The summed E-state index contributed by atoms with van der Waals surface area (Å²) in [6.45, 7) is 4.68. The number of hydrogen-bond acceptors (Lipinski definition) is 3. The van der Waals surface area contributed by atoms with E-state index in [0.717, 1.165) is 0 Å². The maximum Gasteiger partial charge on any atom is 0.225 e. The van der Waals surface area contributed by atoms with Crippen LogP contribution in [0.15, 0.2) is 0 Å². The average molecular weight is 249 g/mol. The molecule has 0 bridgehead atoms. The van der Waals surface area contributed by atoms with E-state index in [1.807, 2.05) is 13.8 Å². The normalized spacial score (nSPS) is 11.5. The molecule has 0 radical (unpaired) electrons. The van der Waals surface area contributed by atoms with Gasteiger partial charge >= 0.3 is 0 Å². The van der Waals surface area contributed by atoms with E-state index >= 15 is 0 Å². The lowest BCUT2D eigenvalue weighted by Gasteiger charge is -2.17. The summed E-state index contributed by atoms with van der Waals surface area (Å²) in [6.07, 6.45) is -0.166. The summed E-state index contributed by atoms with van der Waals surface area (Å²) in [5.74, 6) is 0. The van der Waals surface area contributed by atoms with Crippen LogP contribution in [-0.4, -0.2) is 32.5 Å². The van der Waals surface area contributed by atoms with Gasteiger partial charge in [-0.25, -0.2) is 0 Å². The molecule has 0 rings (SSSR count). The van der Waals surface area contributed by atoms with Crippen molar-refractivity contribution in [2.24, 2.45) is 0 Å². The monoisotopic (exact) mass is 248 g/mol. The zero-order chi connectivity index (χ0) is 10.1. The van der Waals surface area contributed by atoms with Crippen LogP contribution in [-0.2, 0) is 14.0 Å². The first-order chi connectivity index (χ1) is 6.20. The molecular weight excluding hydrogens is 234 g/mol. The number of hydrogen-bond donors (Lipinski definition) is 0. The van der Waals surface area contributed by atoms with E-state index in [-0.39, 0.29) is 6.10 Å². The highest BCUT2D eigenvalue weighted by Crippen LogP contribution is 2.48. The molecule has 0 saturated carbocycles. The van der Waals surface area contributed by atoms with Crippen molar-refractivity contribution in [1.82, 2.24) is 0 Å². The van der Waals surface area contributed by atoms with Crippen molar-refractivity contribution in [3.05, 3.63) is 0 Å². The van der Waals surface area contributed by atoms with Crippen molar-refractivity contribution in [3.63, 3.8) is 0 Å². The first-order valence-corrected chi connectivity index (χ1v) is 7.21. The van der Waals surface area contributed by atoms with Gasteiger partial charge in [-0.2, -0.15) is 0 Å². The van der Waals surface area contributed by atoms with Crippen molar-refractivity contribution >= 4 is 29.3 Å². The van der Waals surface area contributed by atoms with E-state index in [2.05, 4.69) is 0 Å². The minimum Gasteiger partial charge on any atom is -0.379 e. The van der Waals surface area contributed by atoms with Gasteiger partial charge in [0.1, 0.15) is 6.10 Å². The lowest BCUT2D eigenvalue weighted by molar-refractivity contribution is 0.00682. The van der Waals surface area contributed by atoms with Gasteiger partial charge in [0.2, 0.25) is 6.85 Å². The summed E-state index contributed by atoms with van der Waals surface area (Å²) < 4.78 is 15.6. The van der Waals surface area contributed by atoms with Crippen LogP contribution < -0.4 is 0 Å². The Labute approximate surface area is 90.0 Å². The molecule has 0 spiro atoms. The molecule has 0 aromatic rings. The predicted molar refractivity (Wildman–Crippen MR) is 56.5 cm³/mol. The Hall–Kier alpha value is 0.890. The molecule has 0 atom stereocenters. The van der Waals surface area contributed by atoms with Gasteiger partial charge in [0.15, 0.2) is 0 Å². The maximum atomic E-state index is 5.53. The van der Waals surface area contributed by atoms with Gasteiger partial charge in [0, 0.05) is 13.2 Å². The standard InChI is InChI=1S/C7H15Cl2O3P/c1-3-10-5-7(6-11-4-2)12-13(8)9/h7H,3-6H2,1-2H3. The van der Waals surface area contributed by atoms with Gasteiger partial charge in [0.05, 0.1) is 13.2 Å². The van der Waals surface area contributed by atoms with Gasteiger partial charge in [0.25, 0.3) is 0 Å². The zero-order valence-corrected chi connectivity index (χ0v) is 10.2. The van der Waals surface area contributed by atoms with Gasteiger partial charge in [-0.05, 0) is 36.3 Å². The summed E-state index contributed by atoms with van der Waals surface area (Å²) in [5, 5.41) is 0. The molecule has 0 aromatic heterocycles. The Morgan fingerprint density at radius 3 is 1.85 bits per heavy atom. The van der Waals surface area contributed by atoms with Gasteiger partial charge in [-0.1, -0.05) is 0 Å². The fraction of sp³-hybridized carbons (Fsp3) is 1.00. The first-order valence-electron chi connectivity index (χ1n) is 4.14. The third-order valence-corrected chi connectivity index (χ3v) is 2.18. The Balaban J connectivity index is 3.60. The molecule has 0 heterocycles. The lowest BCUT2D eigenvalue weighted by Crippen LogP contribution is -2.23. The predicted octanol–water partition coefficient (Wildman–Crippen LogP) is 3.15. The van der Waals surface area contributed by atoms with Crippen molar-refractivity contribution in [3.8, 4) is 0 Å². The van der Waals surface area contributed by atoms with E-state index in [1.54, 1.807) is 0 Å². The Kier molecular flexibility index (Phi) is 10.1. The first kappa shape index (κ1) is 13.9. The van der Waals surface area contributed by atoms with E-state index in [9.17, 15) is 0 Å². The third-order valence-electron chi connectivity index (χ3n) is 1.24. The number of ether oxygens (including phenoxy) is 2. The second kappa shape index (κ2) is 9.45. The Morgan fingerprint density at radius 1 is 1.08 bits per heavy atom. The van der Waals surface area contributed by atoms with Crippen molar-refractivity contribution in [2.45, 2.75) is 20.0 Å². The summed E-state index contributed by atoms with van der Waals surface area (Å²) in [6, 6.07) is 0. The van der Waals surface area contributed by atoms with Crippen LogP contribution in [0.3, 0.4) is 0 Å². The average Bonchev–Trinajstić information content (AvgIpc) is 2.09. The van der Waals surface area contributed by atoms with Crippen LogP contribution in [0.25, 0.3) is 0 Å². The van der Waals surface area contributed by atoms with Crippen LogP contribution >= 0.6 is 29.3 Å². The molecule has 0 aromatic carbocycles. The zero-order valence-electron chi connectivity index (χ0n) is 7.83.